The van der Waals surface area contributed by atoms with Gasteiger partial charge in [-0.05, 0) is 45.6 Å². The molecule has 0 fully saturated rings. The summed E-state index contributed by atoms with van der Waals surface area (Å²) in [5, 5.41) is 3.53. The molecule has 2 unspecified atom stereocenters. The number of ether oxygens (including phenoxy) is 2. The van der Waals surface area contributed by atoms with Gasteiger partial charge in [-0.3, -0.25) is 0 Å². The van der Waals surface area contributed by atoms with Crippen molar-refractivity contribution in [2.75, 3.05) is 34.9 Å². The first-order valence-electron chi connectivity index (χ1n) is 6.61. The van der Waals surface area contributed by atoms with Gasteiger partial charge in [-0.15, -0.1) is 0 Å². The molecule has 0 spiro atoms. The van der Waals surface area contributed by atoms with Crippen LogP contribution in [0.1, 0.15) is 25.5 Å². The van der Waals surface area contributed by atoms with Crippen LogP contribution in [0, 0.1) is 0 Å². The first-order chi connectivity index (χ1) is 8.99. The molecule has 0 amide bonds. The van der Waals surface area contributed by atoms with E-state index >= 15 is 0 Å². The summed E-state index contributed by atoms with van der Waals surface area (Å²) in [7, 11) is 7.49. The third-order valence-corrected chi connectivity index (χ3v) is 3.51. The van der Waals surface area contributed by atoms with Crippen molar-refractivity contribution < 1.29 is 9.47 Å². The van der Waals surface area contributed by atoms with Crippen molar-refractivity contribution in [3.63, 3.8) is 0 Å². The molecule has 0 aliphatic heterocycles. The molecule has 0 radical (unpaired) electrons. The van der Waals surface area contributed by atoms with Gasteiger partial charge in [-0.1, -0.05) is 6.07 Å². The van der Waals surface area contributed by atoms with Crippen LogP contribution in [0.25, 0.3) is 0 Å². The van der Waals surface area contributed by atoms with Crippen LogP contribution in [-0.4, -0.2) is 45.8 Å². The number of benzene rings is 1. The lowest BCUT2D eigenvalue weighted by Gasteiger charge is -2.23. The minimum atomic E-state index is 0.280. The normalized spacial score (nSPS) is 14.3. The second-order valence-corrected chi connectivity index (χ2v) is 5.06. The monoisotopic (exact) mass is 266 g/mol. The van der Waals surface area contributed by atoms with E-state index in [2.05, 4.69) is 44.2 Å². The molecule has 1 N–H and O–H groups in total. The standard InChI is InChI=1S/C15H26N2O2/c1-11(17(3)4)10-16-12(2)13-7-8-14(18-5)15(9-13)19-6/h7-9,11-12,16H,10H2,1-6H3. The van der Waals surface area contributed by atoms with Crippen LogP contribution in [-0.2, 0) is 0 Å². The highest BCUT2D eigenvalue weighted by molar-refractivity contribution is 5.43. The van der Waals surface area contributed by atoms with Gasteiger partial charge in [-0.2, -0.15) is 0 Å². The van der Waals surface area contributed by atoms with E-state index in [1.165, 1.54) is 5.56 Å². The van der Waals surface area contributed by atoms with Crippen molar-refractivity contribution in [1.82, 2.24) is 10.2 Å². The highest BCUT2D eigenvalue weighted by Gasteiger charge is 2.11. The first-order valence-corrected chi connectivity index (χ1v) is 6.61. The summed E-state index contributed by atoms with van der Waals surface area (Å²) in [6.45, 7) is 5.31. The maximum Gasteiger partial charge on any atom is 0.161 e. The Morgan fingerprint density at radius 1 is 1.11 bits per heavy atom. The van der Waals surface area contributed by atoms with E-state index in [1.54, 1.807) is 14.2 Å². The van der Waals surface area contributed by atoms with Crippen molar-refractivity contribution in [2.24, 2.45) is 0 Å². The summed E-state index contributed by atoms with van der Waals surface area (Å²) in [6.07, 6.45) is 0. The Kier molecular flexibility index (Phi) is 6.12. The number of likely N-dealkylation sites (N-methyl/N-ethyl adjacent to an activating group) is 1. The van der Waals surface area contributed by atoms with E-state index in [0.717, 1.165) is 18.0 Å². The molecule has 4 heteroatoms. The molecule has 0 bridgehead atoms. The van der Waals surface area contributed by atoms with Gasteiger partial charge in [0.25, 0.3) is 0 Å². The Bertz CT molecular complexity index is 394. The molecule has 0 aromatic heterocycles. The lowest BCUT2D eigenvalue weighted by Crippen LogP contribution is -2.36. The third kappa shape index (κ3) is 4.40. The van der Waals surface area contributed by atoms with Gasteiger partial charge in [0.15, 0.2) is 11.5 Å². The largest absolute Gasteiger partial charge is 0.493 e. The van der Waals surface area contributed by atoms with Crippen molar-refractivity contribution in [3.8, 4) is 11.5 Å². The molecule has 0 heterocycles. The van der Waals surface area contributed by atoms with E-state index in [4.69, 9.17) is 9.47 Å². The number of methoxy groups -OCH3 is 2. The molecule has 0 saturated heterocycles. The predicted octanol–water partition coefficient (Wildman–Crippen LogP) is 2.30. The van der Waals surface area contributed by atoms with Crippen molar-refractivity contribution in [3.05, 3.63) is 23.8 Å². The summed E-state index contributed by atoms with van der Waals surface area (Å²) in [5.41, 5.74) is 1.20. The zero-order valence-electron chi connectivity index (χ0n) is 12.9. The molecule has 108 valence electrons. The first kappa shape index (κ1) is 15.8. The fourth-order valence-electron chi connectivity index (χ4n) is 1.77. The quantitative estimate of drug-likeness (QED) is 0.821. The Morgan fingerprint density at radius 3 is 2.26 bits per heavy atom. The molecule has 1 rings (SSSR count). The van der Waals surface area contributed by atoms with E-state index < -0.39 is 0 Å². The SMILES string of the molecule is COc1ccc(C(C)NCC(C)N(C)C)cc1OC. The Morgan fingerprint density at radius 2 is 1.74 bits per heavy atom. The summed E-state index contributed by atoms with van der Waals surface area (Å²) in [5.74, 6) is 1.54. The molecule has 2 atom stereocenters. The van der Waals surface area contributed by atoms with Crippen LogP contribution >= 0.6 is 0 Å². The van der Waals surface area contributed by atoms with Crippen LogP contribution in [0.3, 0.4) is 0 Å². The molecule has 4 nitrogen and oxygen atoms in total. The smallest absolute Gasteiger partial charge is 0.161 e. The Labute approximate surface area is 116 Å². The predicted molar refractivity (Wildman–Crippen MR) is 79.1 cm³/mol. The Hall–Kier alpha value is -1.26. The molecule has 19 heavy (non-hydrogen) atoms. The maximum absolute atomic E-state index is 5.33. The number of hydrogen-bond acceptors (Lipinski definition) is 4. The molecule has 1 aromatic carbocycles. The molecular weight excluding hydrogens is 240 g/mol. The minimum absolute atomic E-state index is 0.280. The third-order valence-electron chi connectivity index (χ3n) is 3.51. The van der Waals surface area contributed by atoms with E-state index in [9.17, 15) is 0 Å². The number of nitrogens with one attached hydrogen (secondary N) is 1. The van der Waals surface area contributed by atoms with Crippen molar-refractivity contribution >= 4 is 0 Å². The molecule has 1 aromatic rings. The maximum atomic E-state index is 5.33. The van der Waals surface area contributed by atoms with Crippen LogP contribution in [0.2, 0.25) is 0 Å². The summed E-state index contributed by atoms with van der Waals surface area (Å²) < 4.78 is 10.6. The van der Waals surface area contributed by atoms with Gasteiger partial charge in [0, 0.05) is 18.6 Å². The number of rotatable bonds is 7. The second kappa shape index (κ2) is 7.36. The second-order valence-electron chi connectivity index (χ2n) is 5.06. The van der Waals surface area contributed by atoms with E-state index in [0.29, 0.717) is 6.04 Å². The zero-order valence-corrected chi connectivity index (χ0v) is 12.9. The fourth-order valence-corrected chi connectivity index (χ4v) is 1.77. The van der Waals surface area contributed by atoms with Crippen molar-refractivity contribution in [2.45, 2.75) is 25.9 Å². The van der Waals surface area contributed by atoms with Crippen LogP contribution in [0.4, 0.5) is 0 Å². The Balaban J connectivity index is 2.69. The topological polar surface area (TPSA) is 33.7 Å². The van der Waals surface area contributed by atoms with Gasteiger partial charge < -0.3 is 19.7 Å². The minimum Gasteiger partial charge on any atom is -0.493 e. The average molecular weight is 266 g/mol. The van der Waals surface area contributed by atoms with Crippen LogP contribution in [0.15, 0.2) is 18.2 Å². The summed E-state index contributed by atoms with van der Waals surface area (Å²) in [6, 6.07) is 6.82. The van der Waals surface area contributed by atoms with Gasteiger partial charge in [0.2, 0.25) is 0 Å². The van der Waals surface area contributed by atoms with Crippen LogP contribution in [0.5, 0.6) is 11.5 Å². The van der Waals surface area contributed by atoms with E-state index in [1.807, 2.05) is 12.1 Å². The zero-order chi connectivity index (χ0) is 14.4. The van der Waals surface area contributed by atoms with Crippen molar-refractivity contribution in [1.29, 1.82) is 0 Å². The molecule has 0 aliphatic carbocycles. The highest BCUT2D eigenvalue weighted by atomic mass is 16.5. The fraction of sp³-hybridized carbons (Fsp3) is 0.600. The van der Waals surface area contributed by atoms with Gasteiger partial charge >= 0.3 is 0 Å². The van der Waals surface area contributed by atoms with Gasteiger partial charge in [0.1, 0.15) is 0 Å². The summed E-state index contributed by atoms with van der Waals surface area (Å²) >= 11 is 0. The molecule has 0 aliphatic rings. The van der Waals surface area contributed by atoms with E-state index in [-0.39, 0.29) is 6.04 Å². The highest BCUT2D eigenvalue weighted by Crippen LogP contribution is 2.29. The van der Waals surface area contributed by atoms with Gasteiger partial charge in [0.05, 0.1) is 14.2 Å². The van der Waals surface area contributed by atoms with Crippen LogP contribution < -0.4 is 14.8 Å². The lowest BCUT2D eigenvalue weighted by atomic mass is 10.1. The molecular formula is C15H26N2O2. The van der Waals surface area contributed by atoms with Gasteiger partial charge in [-0.25, -0.2) is 0 Å². The number of nitrogens with zero attached hydrogens (tertiary/aromatic N) is 1. The lowest BCUT2D eigenvalue weighted by molar-refractivity contribution is 0.295. The molecule has 0 saturated carbocycles. The number of hydrogen-bond donors (Lipinski definition) is 1. The average Bonchev–Trinajstić information content (AvgIpc) is 2.43. The summed E-state index contributed by atoms with van der Waals surface area (Å²) in [4.78, 5) is 2.20.